The molecule has 1 amide bonds. The number of ether oxygens (including phenoxy) is 1. The third-order valence-corrected chi connectivity index (χ3v) is 3.15. The number of nitrogens with zero attached hydrogens (tertiary/aromatic N) is 1. The summed E-state index contributed by atoms with van der Waals surface area (Å²) in [5.74, 6) is 0.577. The summed E-state index contributed by atoms with van der Waals surface area (Å²) in [5.41, 5.74) is 1.78. The molecule has 0 aliphatic carbocycles. The summed E-state index contributed by atoms with van der Waals surface area (Å²) in [6, 6.07) is 15.9. The van der Waals surface area contributed by atoms with Crippen molar-refractivity contribution in [1.82, 2.24) is 0 Å². The Bertz CT molecular complexity index is 655. The Morgan fingerprint density at radius 2 is 1.82 bits per heavy atom. The third kappa shape index (κ3) is 4.35. The molecule has 4 heteroatoms. The summed E-state index contributed by atoms with van der Waals surface area (Å²) in [5, 5.41) is 11.5. The topological polar surface area (TPSA) is 62.1 Å². The molecular formula is C18H18N2O2. The number of hydrogen-bond donors (Lipinski definition) is 1. The minimum absolute atomic E-state index is 0.190. The van der Waals surface area contributed by atoms with E-state index in [1.54, 1.807) is 48.5 Å². The minimum atomic E-state index is -0.190. The number of unbranched alkanes of at least 4 members (excludes halogenated alkanes) is 1. The van der Waals surface area contributed by atoms with Gasteiger partial charge in [0.2, 0.25) is 0 Å². The molecule has 0 bridgehead atoms. The van der Waals surface area contributed by atoms with Crippen LogP contribution in [0.3, 0.4) is 0 Å². The van der Waals surface area contributed by atoms with Gasteiger partial charge in [-0.1, -0.05) is 13.3 Å². The Hall–Kier alpha value is -2.80. The third-order valence-electron chi connectivity index (χ3n) is 3.15. The Balaban J connectivity index is 1.95. The van der Waals surface area contributed by atoms with Crippen LogP contribution in [0.2, 0.25) is 0 Å². The van der Waals surface area contributed by atoms with E-state index in [4.69, 9.17) is 10.00 Å². The molecule has 0 fully saturated rings. The van der Waals surface area contributed by atoms with Gasteiger partial charge in [-0.2, -0.15) is 5.26 Å². The van der Waals surface area contributed by atoms with Crippen molar-refractivity contribution in [3.05, 3.63) is 59.7 Å². The monoisotopic (exact) mass is 294 g/mol. The normalized spacial score (nSPS) is 9.82. The summed E-state index contributed by atoms with van der Waals surface area (Å²) in [7, 11) is 0. The molecule has 0 aliphatic heterocycles. The van der Waals surface area contributed by atoms with E-state index in [1.807, 2.05) is 6.07 Å². The van der Waals surface area contributed by atoms with Gasteiger partial charge in [0.1, 0.15) is 5.75 Å². The molecule has 2 aromatic rings. The van der Waals surface area contributed by atoms with Crippen LogP contribution in [0.25, 0.3) is 0 Å². The molecule has 4 nitrogen and oxygen atoms in total. The van der Waals surface area contributed by atoms with Crippen LogP contribution in [-0.2, 0) is 0 Å². The number of nitrogens with one attached hydrogen (secondary N) is 1. The van der Waals surface area contributed by atoms with E-state index >= 15 is 0 Å². The van der Waals surface area contributed by atoms with Crippen molar-refractivity contribution in [3.63, 3.8) is 0 Å². The Labute approximate surface area is 130 Å². The minimum Gasteiger partial charge on any atom is -0.494 e. The number of amides is 1. The van der Waals surface area contributed by atoms with Gasteiger partial charge in [0.05, 0.1) is 18.2 Å². The van der Waals surface area contributed by atoms with Crippen LogP contribution >= 0.6 is 0 Å². The first-order chi connectivity index (χ1) is 10.7. The molecular weight excluding hydrogens is 276 g/mol. The van der Waals surface area contributed by atoms with Crippen LogP contribution in [0.15, 0.2) is 48.5 Å². The molecule has 0 aliphatic rings. The van der Waals surface area contributed by atoms with Gasteiger partial charge in [-0.25, -0.2) is 0 Å². The molecule has 0 unspecified atom stereocenters. The maximum absolute atomic E-state index is 12.1. The predicted molar refractivity (Wildman–Crippen MR) is 86.0 cm³/mol. The number of anilines is 1. The number of carbonyl (C=O) groups is 1. The van der Waals surface area contributed by atoms with Crippen molar-refractivity contribution in [2.45, 2.75) is 19.8 Å². The lowest BCUT2D eigenvalue weighted by molar-refractivity contribution is 0.102. The fourth-order valence-corrected chi connectivity index (χ4v) is 1.87. The number of hydrogen-bond acceptors (Lipinski definition) is 3. The molecule has 22 heavy (non-hydrogen) atoms. The Morgan fingerprint density at radius 3 is 2.41 bits per heavy atom. The van der Waals surface area contributed by atoms with Crippen LogP contribution in [-0.4, -0.2) is 12.5 Å². The zero-order valence-electron chi connectivity index (χ0n) is 12.5. The van der Waals surface area contributed by atoms with E-state index < -0.39 is 0 Å². The van der Waals surface area contributed by atoms with Crippen molar-refractivity contribution in [1.29, 1.82) is 5.26 Å². The van der Waals surface area contributed by atoms with Crippen molar-refractivity contribution < 1.29 is 9.53 Å². The van der Waals surface area contributed by atoms with Crippen LogP contribution in [0.4, 0.5) is 5.69 Å². The number of carbonyl (C=O) groups excluding carboxylic acids is 1. The number of nitriles is 1. The van der Waals surface area contributed by atoms with E-state index in [1.165, 1.54) is 0 Å². The molecule has 0 aromatic heterocycles. The van der Waals surface area contributed by atoms with Gasteiger partial charge in [0.25, 0.3) is 5.91 Å². The first-order valence-corrected chi connectivity index (χ1v) is 7.27. The maximum Gasteiger partial charge on any atom is 0.255 e. The summed E-state index contributed by atoms with van der Waals surface area (Å²) in [4.78, 5) is 12.1. The molecule has 2 aromatic carbocycles. The lowest BCUT2D eigenvalue weighted by Gasteiger charge is -2.07. The summed E-state index contributed by atoms with van der Waals surface area (Å²) in [6.07, 6.45) is 2.10. The van der Waals surface area contributed by atoms with Crippen LogP contribution in [0, 0.1) is 11.3 Å². The second-order valence-electron chi connectivity index (χ2n) is 4.87. The SMILES string of the molecule is CCCCOc1ccc(C(=O)Nc2ccc(C#N)cc2)cc1. The predicted octanol–water partition coefficient (Wildman–Crippen LogP) is 3.99. The average molecular weight is 294 g/mol. The first-order valence-electron chi connectivity index (χ1n) is 7.27. The lowest BCUT2D eigenvalue weighted by atomic mass is 10.2. The van der Waals surface area contributed by atoms with E-state index in [0.29, 0.717) is 23.4 Å². The van der Waals surface area contributed by atoms with E-state index in [-0.39, 0.29) is 5.91 Å². The van der Waals surface area contributed by atoms with Gasteiger partial charge in [-0.15, -0.1) is 0 Å². The van der Waals surface area contributed by atoms with E-state index in [9.17, 15) is 4.79 Å². The fourth-order valence-electron chi connectivity index (χ4n) is 1.87. The molecule has 0 saturated carbocycles. The smallest absolute Gasteiger partial charge is 0.255 e. The highest BCUT2D eigenvalue weighted by Gasteiger charge is 2.06. The molecule has 112 valence electrons. The summed E-state index contributed by atoms with van der Waals surface area (Å²) in [6.45, 7) is 2.80. The highest BCUT2D eigenvalue weighted by molar-refractivity contribution is 6.04. The van der Waals surface area contributed by atoms with Gasteiger partial charge < -0.3 is 10.1 Å². The number of rotatable bonds is 6. The second-order valence-corrected chi connectivity index (χ2v) is 4.87. The summed E-state index contributed by atoms with van der Waals surface area (Å²) >= 11 is 0. The largest absolute Gasteiger partial charge is 0.494 e. The van der Waals surface area contributed by atoms with Crippen LogP contribution in [0.5, 0.6) is 5.75 Å². The van der Waals surface area contributed by atoms with Gasteiger partial charge >= 0.3 is 0 Å². The van der Waals surface area contributed by atoms with Crippen molar-refractivity contribution in [2.24, 2.45) is 0 Å². The molecule has 0 spiro atoms. The Kier molecular flexibility index (Phi) is 5.56. The first kappa shape index (κ1) is 15.6. The molecule has 0 atom stereocenters. The van der Waals surface area contributed by atoms with Crippen LogP contribution < -0.4 is 10.1 Å². The lowest BCUT2D eigenvalue weighted by Crippen LogP contribution is -2.11. The standard InChI is InChI=1S/C18H18N2O2/c1-2-3-12-22-17-10-6-15(7-11-17)18(21)20-16-8-4-14(13-19)5-9-16/h4-11H,2-3,12H2,1H3,(H,20,21). The summed E-state index contributed by atoms with van der Waals surface area (Å²) < 4.78 is 5.56. The molecule has 1 N–H and O–H groups in total. The van der Waals surface area contributed by atoms with Gasteiger partial charge in [-0.05, 0) is 55.0 Å². The molecule has 0 heterocycles. The van der Waals surface area contributed by atoms with E-state index in [0.717, 1.165) is 18.6 Å². The highest BCUT2D eigenvalue weighted by atomic mass is 16.5. The molecule has 2 rings (SSSR count). The quantitative estimate of drug-likeness (QED) is 0.819. The van der Waals surface area contributed by atoms with Crippen molar-refractivity contribution >= 4 is 11.6 Å². The Morgan fingerprint density at radius 1 is 1.14 bits per heavy atom. The van der Waals surface area contributed by atoms with Crippen LogP contribution in [0.1, 0.15) is 35.7 Å². The van der Waals surface area contributed by atoms with Gasteiger partial charge in [0.15, 0.2) is 0 Å². The number of benzene rings is 2. The van der Waals surface area contributed by atoms with Gasteiger partial charge in [0, 0.05) is 11.3 Å². The second kappa shape index (κ2) is 7.84. The fraction of sp³-hybridized carbons (Fsp3) is 0.222. The molecule has 0 radical (unpaired) electrons. The highest BCUT2D eigenvalue weighted by Crippen LogP contribution is 2.15. The maximum atomic E-state index is 12.1. The molecule has 0 saturated heterocycles. The van der Waals surface area contributed by atoms with E-state index in [2.05, 4.69) is 12.2 Å². The van der Waals surface area contributed by atoms with Crippen molar-refractivity contribution in [2.75, 3.05) is 11.9 Å². The zero-order valence-corrected chi connectivity index (χ0v) is 12.5. The average Bonchev–Trinajstić information content (AvgIpc) is 2.56. The zero-order chi connectivity index (χ0) is 15.8. The van der Waals surface area contributed by atoms with Gasteiger partial charge in [-0.3, -0.25) is 4.79 Å². The van der Waals surface area contributed by atoms with Crippen molar-refractivity contribution in [3.8, 4) is 11.8 Å².